The van der Waals surface area contributed by atoms with E-state index in [0.717, 1.165) is 0 Å². The molecule has 2 N–H and O–H groups in total. The maximum Gasteiger partial charge on any atom is 0.222 e. The van der Waals surface area contributed by atoms with Crippen LogP contribution in [0.3, 0.4) is 0 Å². The molecule has 0 unspecified atom stereocenters. The molecule has 0 amide bonds. The van der Waals surface area contributed by atoms with Gasteiger partial charge in [0.05, 0.1) is 13.7 Å². The molecule has 0 saturated heterocycles. The van der Waals surface area contributed by atoms with Crippen LogP contribution in [0.15, 0.2) is 10.2 Å². The minimum atomic E-state index is 0.286. The lowest BCUT2D eigenvalue weighted by molar-refractivity contribution is 0.394. The quantitative estimate of drug-likeness (QED) is 0.324. The normalized spacial score (nSPS) is 12.6. The van der Waals surface area contributed by atoms with Crippen LogP contribution in [-0.2, 0) is 4.74 Å². The predicted octanol–water partition coefficient (Wildman–Crippen LogP) is -0.00430. The summed E-state index contributed by atoms with van der Waals surface area (Å²) in [6.07, 6.45) is 1.56. The van der Waals surface area contributed by atoms with E-state index in [1.54, 1.807) is 13.1 Å². The molecule has 9 heavy (non-hydrogen) atoms. The maximum atomic E-state index is 5.19. The fourth-order valence-corrected chi connectivity index (χ4v) is 0.287. The summed E-state index contributed by atoms with van der Waals surface area (Å²) in [7, 11) is 1.51. The van der Waals surface area contributed by atoms with Crippen LogP contribution in [0.2, 0.25) is 0 Å². The van der Waals surface area contributed by atoms with Gasteiger partial charge >= 0.3 is 0 Å². The Kier molecular flexibility index (Phi) is 4.72. The van der Waals surface area contributed by atoms with Crippen molar-refractivity contribution in [3.05, 3.63) is 0 Å². The van der Waals surface area contributed by atoms with Gasteiger partial charge in [-0.25, -0.2) is 0 Å². The van der Waals surface area contributed by atoms with Gasteiger partial charge in [0.1, 0.15) is 0 Å². The molecule has 0 aromatic heterocycles. The summed E-state index contributed by atoms with van der Waals surface area (Å²) in [4.78, 5) is 0. The first-order valence-corrected chi connectivity index (χ1v) is 2.63. The summed E-state index contributed by atoms with van der Waals surface area (Å²) in [5.41, 5.74) is 5.19. The Hall–Kier alpha value is -0.900. The summed E-state index contributed by atoms with van der Waals surface area (Å²) in [6.45, 7) is 2.06. The monoisotopic (exact) mass is 129 g/mol. The van der Waals surface area contributed by atoms with Crippen LogP contribution >= 0.6 is 0 Å². The average Bonchev–Trinajstić information content (AvgIpc) is 1.91. The maximum absolute atomic E-state index is 5.19. The van der Waals surface area contributed by atoms with Gasteiger partial charge in [-0.1, -0.05) is 0 Å². The first-order chi connectivity index (χ1) is 4.35. The Bertz CT molecular complexity index is 113. The smallest absolute Gasteiger partial charge is 0.222 e. The van der Waals surface area contributed by atoms with Crippen molar-refractivity contribution in [2.75, 3.05) is 13.7 Å². The molecule has 0 aliphatic rings. The van der Waals surface area contributed by atoms with Crippen molar-refractivity contribution in [1.82, 2.24) is 0 Å². The van der Waals surface area contributed by atoms with Crippen LogP contribution in [0.5, 0.6) is 0 Å². The summed E-state index contributed by atoms with van der Waals surface area (Å²) >= 11 is 0. The molecule has 0 aromatic rings. The van der Waals surface area contributed by atoms with E-state index >= 15 is 0 Å². The molecule has 0 aromatic carbocycles. The Balaban J connectivity index is 3.75. The molecule has 0 heterocycles. The van der Waals surface area contributed by atoms with Crippen molar-refractivity contribution in [2.24, 2.45) is 15.9 Å². The van der Waals surface area contributed by atoms with Crippen molar-refractivity contribution in [2.45, 2.75) is 6.92 Å². The second-order valence-electron chi connectivity index (χ2n) is 1.28. The van der Waals surface area contributed by atoms with E-state index in [4.69, 9.17) is 10.5 Å². The van der Waals surface area contributed by atoms with Crippen LogP contribution < -0.4 is 5.73 Å². The van der Waals surface area contributed by atoms with Gasteiger partial charge in [0.15, 0.2) is 0 Å². The molecule has 0 bridgehead atoms. The molecule has 0 saturated carbocycles. The highest BCUT2D eigenvalue weighted by molar-refractivity contribution is 5.78. The molecular weight excluding hydrogens is 118 g/mol. The third kappa shape index (κ3) is 3.66. The van der Waals surface area contributed by atoms with Gasteiger partial charge in [0, 0.05) is 6.21 Å². The molecule has 0 rings (SSSR count). The van der Waals surface area contributed by atoms with E-state index in [-0.39, 0.29) is 6.54 Å². The van der Waals surface area contributed by atoms with Gasteiger partial charge in [-0.2, -0.15) is 5.10 Å². The summed E-state index contributed by atoms with van der Waals surface area (Å²) in [5.74, 6) is 0.438. The third-order valence-corrected chi connectivity index (χ3v) is 0.695. The number of nitrogens with two attached hydrogens (primary N) is 1. The first-order valence-electron chi connectivity index (χ1n) is 2.63. The van der Waals surface area contributed by atoms with Crippen molar-refractivity contribution < 1.29 is 4.74 Å². The average molecular weight is 129 g/mol. The predicted molar refractivity (Wildman–Crippen MR) is 37.7 cm³/mol. The molecule has 52 valence electrons. The molecule has 0 radical (unpaired) electrons. The van der Waals surface area contributed by atoms with Crippen molar-refractivity contribution >= 4 is 12.1 Å². The lowest BCUT2D eigenvalue weighted by atomic mass is 10.7. The molecule has 4 nitrogen and oxygen atoms in total. The van der Waals surface area contributed by atoms with Gasteiger partial charge in [-0.15, -0.1) is 5.10 Å². The zero-order valence-electron chi connectivity index (χ0n) is 5.66. The third-order valence-electron chi connectivity index (χ3n) is 0.695. The van der Waals surface area contributed by atoms with E-state index in [0.29, 0.717) is 5.90 Å². The molecule has 0 aliphatic carbocycles. The first kappa shape index (κ1) is 8.10. The number of rotatable bonds is 2. The molecule has 0 atom stereocenters. The number of nitrogens with zero attached hydrogens (tertiary/aromatic N) is 2. The topological polar surface area (TPSA) is 60.0 Å². The highest BCUT2D eigenvalue weighted by Gasteiger charge is 1.88. The Morgan fingerprint density at radius 1 is 1.78 bits per heavy atom. The van der Waals surface area contributed by atoms with Crippen molar-refractivity contribution in [3.8, 4) is 0 Å². The Morgan fingerprint density at radius 2 is 2.44 bits per heavy atom. The Morgan fingerprint density at radius 3 is 2.78 bits per heavy atom. The fraction of sp³-hybridized carbons (Fsp3) is 0.600. The van der Waals surface area contributed by atoms with E-state index in [1.807, 2.05) is 0 Å². The zero-order valence-corrected chi connectivity index (χ0v) is 5.66. The van der Waals surface area contributed by atoms with Crippen LogP contribution in [-0.4, -0.2) is 25.8 Å². The van der Waals surface area contributed by atoms with Crippen LogP contribution in [0.1, 0.15) is 6.92 Å². The number of hydrogen-bond acceptors (Lipinski definition) is 4. The van der Waals surface area contributed by atoms with Crippen LogP contribution in [0, 0.1) is 0 Å². The molecule has 0 spiro atoms. The molecule has 4 heteroatoms. The van der Waals surface area contributed by atoms with E-state index in [9.17, 15) is 0 Å². The van der Waals surface area contributed by atoms with Gasteiger partial charge in [0.2, 0.25) is 5.90 Å². The fourth-order valence-electron chi connectivity index (χ4n) is 0.287. The van der Waals surface area contributed by atoms with Crippen LogP contribution in [0.25, 0.3) is 0 Å². The number of ether oxygens (including phenoxy) is 1. The standard InChI is InChI=1S/C5H11N3O/c1-3-7-8-5(4-6)9-2/h3H,4,6H2,1-2H3/b7-3+,8-5-. The summed E-state index contributed by atoms with van der Waals surface area (Å²) in [5, 5.41) is 7.19. The molecule has 0 aliphatic heterocycles. The number of hydrogen-bond donors (Lipinski definition) is 1. The second kappa shape index (κ2) is 5.24. The van der Waals surface area contributed by atoms with Gasteiger partial charge < -0.3 is 10.5 Å². The minimum absolute atomic E-state index is 0.286. The zero-order chi connectivity index (χ0) is 7.11. The van der Waals surface area contributed by atoms with Crippen LogP contribution in [0.4, 0.5) is 0 Å². The minimum Gasteiger partial charge on any atom is -0.482 e. The van der Waals surface area contributed by atoms with Crippen molar-refractivity contribution in [3.63, 3.8) is 0 Å². The van der Waals surface area contributed by atoms with Gasteiger partial charge in [-0.05, 0) is 6.92 Å². The largest absolute Gasteiger partial charge is 0.482 e. The molecular formula is C5H11N3O. The van der Waals surface area contributed by atoms with Gasteiger partial charge in [0.25, 0.3) is 0 Å². The second-order valence-corrected chi connectivity index (χ2v) is 1.28. The van der Waals surface area contributed by atoms with E-state index in [2.05, 4.69) is 10.2 Å². The summed E-state index contributed by atoms with van der Waals surface area (Å²) in [6, 6.07) is 0. The van der Waals surface area contributed by atoms with E-state index < -0.39 is 0 Å². The highest BCUT2D eigenvalue weighted by Crippen LogP contribution is 1.76. The van der Waals surface area contributed by atoms with Gasteiger partial charge in [-0.3, -0.25) is 0 Å². The Labute approximate surface area is 54.4 Å². The van der Waals surface area contributed by atoms with E-state index in [1.165, 1.54) is 7.11 Å². The summed E-state index contributed by atoms with van der Waals surface area (Å²) < 4.78 is 4.71. The lowest BCUT2D eigenvalue weighted by Gasteiger charge is -1.95. The van der Waals surface area contributed by atoms with Crippen molar-refractivity contribution in [1.29, 1.82) is 0 Å². The number of methoxy groups -OCH3 is 1. The SMILES string of the molecule is C/C=N/N=C(/CN)OC. The highest BCUT2D eigenvalue weighted by atomic mass is 16.5. The molecule has 0 fully saturated rings. The lowest BCUT2D eigenvalue weighted by Crippen LogP contribution is -2.14.